The number of carbonyl (C=O) groups excluding carboxylic acids is 1. The van der Waals surface area contributed by atoms with Gasteiger partial charge in [0, 0.05) is 6.61 Å². The second kappa shape index (κ2) is 18.6. The van der Waals surface area contributed by atoms with Crippen molar-refractivity contribution in [2.24, 2.45) is 0 Å². The van der Waals surface area contributed by atoms with Crippen LogP contribution in [0.2, 0.25) is 0 Å². The van der Waals surface area contributed by atoms with Crippen LogP contribution in [0.5, 0.6) is 0 Å². The summed E-state index contributed by atoms with van der Waals surface area (Å²) in [6.45, 7) is 10.0. The molecule has 0 N–H and O–H groups in total. The van der Waals surface area contributed by atoms with Crippen LogP contribution in [0, 0.1) is 0 Å². The van der Waals surface area contributed by atoms with Crippen LogP contribution < -0.4 is 0 Å². The molecule has 0 spiro atoms. The Morgan fingerprint density at radius 2 is 1.28 bits per heavy atom. The molecule has 0 aromatic rings. The van der Waals surface area contributed by atoms with E-state index in [4.69, 9.17) is 14.2 Å². The molecule has 32 heavy (non-hydrogen) atoms. The molecule has 1 aliphatic rings. The lowest BCUT2D eigenvalue weighted by molar-refractivity contribution is 0.00720. The van der Waals surface area contributed by atoms with E-state index in [2.05, 4.69) is 6.92 Å². The van der Waals surface area contributed by atoms with Gasteiger partial charge in [0.05, 0.1) is 19.3 Å². The maximum absolute atomic E-state index is 12.2. The third kappa shape index (κ3) is 15.9. The van der Waals surface area contributed by atoms with E-state index >= 15 is 0 Å². The standard InChI is InChI=1S/C27H53NO4/c1-5-6-7-8-9-10-11-12-13-14-15-16-17-18-19-20-21-30-22-25-23-31-24-28(25)26(29)32-27(2,3)4/h25H,5-24H2,1-4H3/t25-/m1/s1. The second-order valence-electron chi connectivity index (χ2n) is 10.5. The van der Waals surface area contributed by atoms with Crippen molar-refractivity contribution in [1.82, 2.24) is 4.90 Å². The number of hydrogen-bond acceptors (Lipinski definition) is 4. The summed E-state index contributed by atoms with van der Waals surface area (Å²) in [7, 11) is 0. The lowest BCUT2D eigenvalue weighted by atomic mass is 10.0. The Labute approximate surface area is 198 Å². The zero-order valence-electron chi connectivity index (χ0n) is 21.8. The van der Waals surface area contributed by atoms with Gasteiger partial charge in [0.25, 0.3) is 0 Å². The van der Waals surface area contributed by atoms with Crippen LogP contribution in [0.25, 0.3) is 0 Å². The Morgan fingerprint density at radius 3 is 1.75 bits per heavy atom. The third-order valence-corrected chi connectivity index (χ3v) is 6.06. The second-order valence-corrected chi connectivity index (χ2v) is 10.5. The fourth-order valence-electron chi connectivity index (χ4n) is 4.11. The molecule has 1 amide bonds. The van der Waals surface area contributed by atoms with E-state index < -0.39 is 5.60 Å². The molecule has 0 aliphatic carbocycles. The van der Waals surface area contributed by atoms with Crippen molar-refractivity contribution in [2.75, 3.05) is 26.6 Å². The summed E-state index contributed by atoms with van der Waals surface area (Å²) in [5, 5.41) is 0. The Morgan fingerprint density at radius 1 is 0.812 bits per heavy atom. The van der Waals surface area contributed by atoms with Crippen molar-refractivity contribution < 1.29 is 19.0 Å². The van der Waals surface area contributed by atoms with Gasteiger partial charge in [-0.2, -0.15) is 0 Å². The molecule has 0 bridgehead atoms. The average molecular weight is 456 g/mol. The Balaban J connectivity index is 1.85. The summed E-state index contributed by atoms with van der Waals surface area (Å²) >= 11 is 0. The molecule has 190 valence electrons. The molecule has 0 aromatic heterocycles. The van der Waals surface area contributed by atoms with Crippen LogP contribution in [0.1, 0.15) is 130 Å². The van der Waals surface area contributed by atoms with Gasteiger partial charge in [-0.1, -0.05) is 103 Å². The number of ether oxygens (including phenoxy) is 3. The molecule has 0 saturated carbocycles. The lowest BCUT2D eigenvalue weighted by Gasteiger charge is -2.27. The molecule has 0 aromatic carbocycles. The first-order valence-electron chi connectivity index (χ1n) is 13.6. The highest BCUT2D eigenvalue weighted by Gasteiger charge is 2.33. The van der Waals surface area contributed by atoms with Crippen molar-refractivity contribution in [3.63, 3.8) is 0 Å². The third-order valence-electron chi connectivity index (χ3n) is 6.06. The number of unbranched alkanes of at least 4 members (excludes halogenated alkanes) is 15. The minimum absolute atomic E-state index is 0.0362. The van der Waals surface area contributed by atoms with Crippen molar-refractivity contribution in [1.29, 1.82) is 0 Å². The number of rotatable bonds is 19. The van der Waals surface area contributed by atoms with Gasteiger partial charge < -0.3 is 14.2 Å². The zero-order valence-corrected chi connectivity index (χ0v) is 21.8. The summed E-state index contributed by atoms with van der Waals surface area (Å²) in [5.74, 6) is 0. The van der Waals surface area contributed by atoms with E-state index in [-0.39, 0.29) is 12.1 Å². The van der Waals surface area contributed by atoms with Crippen molar-refractivity contribution >= 4 is 6.09 Å². The monoisotopic (exact) mass is 455 g/mol. The zero-order chi connectivity index (χ0) is 23.5. The van der Waals surface area contributed by atoms with Crippen LogP contribution in [0.15, 0.2) is 0 Å². The first kappa shape index (κ1) is 29.2. The number of hydrogen-bond donors (Lipinski definition) is 0. The van der Waals surface area contributed by atoms with Crippen molar-refractivity contribution in [3.05, 3.63) is 0 Å². The van der Waals surface area contributed by atoms with Crippen LogP contribution in [0.3, 0.4) is 0 Å². The van der Waals surface area contributed by atoms with Gasteiger partial charge in [-0.25, -0.2) is 4.79 Å². The molecule has 1 atom stereocenters. The Kier molecular flexibility index (Phi) is 17.0. The number of carbonyl (C=O) groups is 1. The fourth-order valence-corrected chi connectivity index (χ4v) is 4.11. The van der Waals surface area contributed by atoms with E-state index in [0.29, 0.717) is 19.9 Å². The molecule has 1 saturated heterocycles. The minimum Gasteiger partial charge on any atom is -0.444 e. The Bertz CT molecular complexity index is 449. The van der Waals surface area contributed by atoms with Gasteiger partial charge >= 0.3 is 6.09 Å². The van der Waals surface area contributed by atoms with Gasteiger partial charge in [0.1, 0.15) is 12.3 Å². The molecule has 1 rings (SSSR count). The van der Waals surface area contributed by atoms with Crippen molar-refractivity contribution in [2.45, 2.75) is 142 Å². The van der Waals surface area contributed by atoms with Crippen LogP contribution in [-0.4, -0.2) is 49.2 Å². The van der Waals surface area contributed by atoms with Gasteiger partial charge in [-0.15, -0.1) is 0 Å². The molecule has 5 heteroatoms. The summed E-state index contributed by atoms with van der Waals surface area (Å²) in [5.41, 5.74) is -0.487. The quantitative estimate of drug-likeness (QED) is 0.186. The van der Waals surface area contributed by atoms with E-state index in [1.807, 2.05) is 20.8 Å². The highest BCUT2D eigenvalue weighted by molar-refractivity contribution is 5.68. The van der Waals surface area contributed by atoms with Crippen LogP contribution in [0.4, 0.5) is 4.79 Å². The fraction of sp³-hybridized carbons (Fsp3) is 0.963. The molecule has 0 radical (unpaired) electrons. The summed E-state index contributed by atoms with van der Waals surface area (Å²) < 4.78 is 16.7. The normalized spacial score (nSPS) is 16.6. The van der Waals surface area contributed by atoms with E-state index in [1.54, 1.807) is 4.90 Å². The van der Waals surface area contributed by atoms with Crippen LogP contribution in [-0.2, 0) is 14.2 Å². The van der Waals surface area contributed by atoms with Gasteiger partial charge in [0.2, 0.25) is 0 Å². The molecule has 1 heterocycles. The molecular formula is C27H53NO4. The number of nitrogens with zero attached hydrogens (tertiary/aromatic N) is 1. The maximum atomic E-state index is 12.2. The topological polar surface area (TPSA) is 48.0 Å². The highest BCUT2D eigenvalue weighted by atomic mass is 16.6. The SMILES string of the molecule is CCCCCCCCCCCCCCCCCCOC[C@@H]1COCN1C(=O)OC(C)(C)C. The number of amides is 1. The lowest BCUT2D eigenvalue weighted by Crippen LogP contribution is -2.42. The molecule has 0 unspecified atom stereocenters. The maximum Gasteiger partial charge on any atom is 0.412 e. The predicted octanol–water partition coefficient (Wildman–Crippen LogP) is 7.86. The van der Waals surface area contributed by atoms with E-state index in [0.717, 1.165) is 13.0 Å². The van der Waals surface area contributed by atoms with Crippen LogP contribution >= 0.6 is 0 Å². The molecule has 5 nitrogen and oxygen atoms in total. The predicted molar refractivity (Wildman–Crippen MR) is 133 cm³/mol. The smallest absolute Gasteiger partial charge is 0.412 e. The summed E-state index contributed by atoms with van der Waals surface area (Å²) in [6.07, 6.45) is 21.7. The summed E-state index contributed by atoms with van der Waals surface area (Å²) in [4.78, 5) is 13.9. The minimum atomic E-state index is -0.487. The molecular weight excluding hydrogens is 402 g/mol. The Hall–Kier alpha value is -0.810. The summed E-state index contributed by atoms with van der Waals surface area (Å²) in [6, 6.07) is -0.0362. The van der Waals surface area contributed by atoms with E-state index in [9.17, 15) is 4.79 Å². The van der Waals surface area contributed by atoms with Gasteiger partial charge in [-0.05, 0) is 27.2 Å². The molecule has 1 fully saturated rings. The van der Waals surface area contributed by atoms with E-state index in [1.165, 1.54) is 96.3 Å². The molecule has 1 aliphatic heterocycles. The largest absolute Gasteiger partial charge is 0.444 e. The first-order chi connectivity index (χ1) is 15.4. The van der Waals surface area contributed by atoms with Gasteiger partial charge in [0.15, 0.2) is 0 Å². The van der Waals surface area contributed by atoms with Crippen molar-refractivity contribution in [3.8, 4) is 0 Å². The average Bonchev–Trinajstić information content (AvgIpc) is 3.20. The first-order valence-corrected chi connectivity index (χ1v) is 13.6. The highest BCUT2D eigenvalue weighted by Crippen LogP contribution is 2.17. The van der Waals surface area contributed by atoms with Gasteiger partial charge in [-0.3, -0.25) is 4.90 Å².